The lowest BCUT2D eigenvalue weighted by molar-refractivity contribution is 0.103. The molecule has 1 heterocycles. The van der Waals surface area contributed by atoms with Gasteiger partial charge in [0.15, 0.2) is 5.78 Å². The Kier molecular flexibility index (Phi) is 3.31. The number of hydrogen-bond donors (Lipinski definition) is 0. The lowest BCUT2D eigenvalue weighted by Crippen LogP contribution is -2.03. The Balaban J connectivity index is 2.52. The van der Waals surface area contributed by atoms with Crippen LogP contribution >= 0.6 is 22.9 Å². The minimum atomic E-state index is -0.395. The van der Waals surface area contributed by atoms with Crippen molar-refractivity contribution in [3.05, 3.63) is 56.0 Å². The van der Waals surface area contributed by atoms with Gasteiger partial charge in [-0.05, 0) is 42.5 Å². The molecular weight excluding hydrogens is 259 g/mol. The molecule has 0 fully saturated rings. The Morgan fingerprint density at radius 2 is 1.88 bits per heavy atom. The molecule has 0 aliphatic rings. The molecule has 1 aromatic heterocycles. The molecule has 0 saturated heterocycles. The molecule has 0 N–H and O–H groups in total. The van der Waals surface area contributed by atoms with E-state index in [1.807, 2.05) is 12.3 Å². The van der Waals surface area contributed by atoms with Gasteiger partial charge in [-0.1, -0.05) is 11.6 Å². The predicted octanol–water partition coefficient (Wildman–Crippen LogP) is 4.39. The zero-order valence-electron chi connectivity index (χ0n) is 9.38. The van der Waals surface area contributed by atoms with Crippen LogP contribution < -0.4 is 0 Å². The summed E-state index contributed by atoms with van der Waals surface area (Å²) in [6, 6.07) is 2.68. The molecule has 88 valence electrons. The quantitative estimate of drug-likeness (QED) is 0.739. The summed E-state index contributed by atoms with van der Waals surface area (Å²) in [6.45, 7) is 3.48. The van der Waals surface area contributed by atoms with Gasteiger partial charge in [-0.2, -0.15) is 11.3 Å². The van der Waals surface area contributed by atoms with Crippen molar-refractivity contribution in [2.75, 3.05) is 0 Å². The molecule has 2 rings (SSSR count). The molecule has 0 spiro atoms. The van der Waals surface area contributed by atoms with Gasteiger partial charge in [-0.15, -0.1) is 0 Å². The van der Waals surface area contributed by atoms with Crippen LogP contribution in [0.2, 0.25) is 5.02 Å². The van der Waals surface area contributed by atoms with Gasteiger partial charge in [0.25, 0.3) is 0 Å². The summed E-state index contributed by atoms with van der Waals surface area (Å²) in [4.78, 5) is 12.2. The normalized spacial score (nSPS) is 10.6. The third-order valence-electron chi connectivity index (χ3n) is 2.59. The summed E-state index contributed by atoms with van der Waals surface area (Å²) in [5, 5.41) is 3.84. The smallest absolute Gasteiger partial charge is 0.195 e. The number of thiophene rings is 1. The SMILES string of the molecule is Cc1cc(C(=O)c2cscc2C)c(Cl)cc1F. The lowest BCUT2D eigenvalue weighted by Gasteiger charge is -2.05. The van der Waals surface area contributed by atoms with Crippen molar-refractivity contribution in [2.24, 2.45) is 0 Å². The van der Waals surface area contributed by atoms with E-state index in [1.54, 1.807) is 12.3 Å². The van der Waals surface area contributed by atoms with E-state index in [9.17, 15) is 9.18 Å². The summed E-state index contributed by atoms with van der Waals surface area (Å²) in [5.41, 5.74) is 2.32. The highest BCUT2D eigenvalue weighted by molar-refractivity contribution is 7.08. The van der Waals surface area contributed by atoms with Crippen molar-refractivity contribution < 1.29 is 9.18 Å². The van der Waals surface area contributed by atoms with E-state index in [2.05, 4.69) is 0 Å². The van der Waals surface area contributed by atoms with Crippen LogP contribution in [0.15, 0.2) is 22.9 Å². The monoisotopic (exact) mass is 268 g/mol. The average molecular weight is 269 g/mol. The lowest BCUT2D eigenvalue weighted by atomic mass is 10.0. The number of ketones is 1. The molecule has 1 aromatic carbocycles. The van der Waals surface area contributed by atoms with E-state index < -0.39 is 5.82 Å². The zero-order valence-corrected chi connectivity index (χ0v) is 11.0. The van der Waals surface area contributed by atoms with Gasteiger partial charge in [0, 0.05) is 16.5 Å². The van der Waals surface area contributed by atoms with Crippen LogP contribution in [0, 0.1) is 19.7 Å². The van der Waals surface area contributed by atoms with Gasteiger partial charge in [-0.3, -0.25) is 4.79 Å². The van der Waals surface area contributed by atoms with Crippen LogP contribution in [0.1, 0.15) is 27.0 Å². The zero-order chi connectivity index (χ0) is 12.6. The number of halogens is 2. The molecule has 0 saturated carbocycles. The van der Waals surface area contributed by atoms with Crippen molar-refractivity contribution >= 4 is 28.7 Å². The highest BCUT2D eigenvalue weighted by Gasteiger charge is 2.17. The topological polar surface area (TPSA) is 17.1 Å². The maximum Gasteiger partial charge on any atom is 0.195 e. The molecule has 2 aromatic rings. The highest BCUT2D eigenvalue weighted by Crippen LogP contribution is 2.25. The van der Waals surface area contributed by atoms with Crippen LogP contribution in [0.25, 0.3) is 0 Å². The fourth-order valence-electron chi connectivity index (χ4n) is 1.57. The van der Waals surface area contributed by atoms with E-state index in [0.717, 1.165) is 5.56 Å². The number of aryl methyl sites for hydroxylation is 2. The molecule has 0 unspecified atom stereocenters. The highest BCUT2D eigenvalue weighted by atomic mass is 35.5. The molecule has 0 bridgehead atoms. The van der Waals surface area contributed by atoms with Crippen molar-refractivity contribution in [1.82, 2.24) is 0 Å². The Morgan fingerprint density at radius 3 is 2.47 bits per heavy atom. The maximum absolute atomic E-state index is 13.3. The molecule has 0 amide bonds. The van der Waals surface area contributed by atoms with E-state index in [0.29, 0.717) is 16.7 Å². The van der Waals surface area contributed by atoms with E-state index in [4.69, 9.17) is 11.6 Å². The van der Waals surface area contributed by atoms with Gasteiger partial charge < -0.3 is 0 Å². The van der Waals surface area contributed by atoms with Crippen LogP contribution in [0.5, 0.6) is 0 Å². The van der Waals surface area contributed by atoms with Crippen LogP contribution in [0.3, 0.4) is 0 Å². The second-order valence-electron chi connectivity index (χ2n) is 3.88. The van der Waals surface area contributed by atoms with E-state index >= 15 is 0 Å². The Morgan fingerprint density at radius 1 is 1.18 bits per heavy atom. The van der Waals surface area contributed by atoms with Gasteiger partial charge >= 0.3 is 0 Å². The standard InChI is InChI=1S/C13H10ClFOS/c1-7-3-9(11(14)4-12(7)15)13(16)10-6-17-5-8(10)2/h3-6H,1-2H3. The molecule has 0 radical (unpaired) electrons. The summed E-state index contributed by atoms with van der Waals surface area (Å²) in [7, 11) is 0. The van der Waals surface area contributed by atoms with Crippen LogP contribution in [-0.2, 0) is 0 Å². The second-order valence-corrected chi connectivity index (χ2v) is 5.03. The van der Waals surface area contributed by atoms with Gasteiger partial charge in [0.05, 0.1) is 5.02 Å². The number of carbonyl (C=O) groups is 1. The second kappa shape index (κ2) is 4.59. The fraction of sp³-hybridized carbons (Fsp3) is 0.154. The van der Waals surface area contributed by atoms with E-state index in [1.165, 1.54) is 23.5 Å². The maximum atomic E-state index is 13.3. The first-order valence-electron chi connectivity index (χ1n) is 5.04. The van der Waals surface area contributed by atoms with Gasteiger partial charge in [0.1, 0.15) is 5.82 Å². The Bertz CT molecular complexity index is 589. The third kappa shape index (κ3) is 2.26. The first-order valence-corrected chi connectivity index (χ1v) is 6.36. The number of carbonyl (C=O) groups excluding carboxylic acids is 1. The first kappa shape index (κ1) is 12.3. The van der Waals surface area contributed by atoms with Gasteiger partial charge in [-0.25, -0.2) is 4.39 Å². The Hall–Kier alpha value is -1.19. The van der Waals surface area contributed by atoms with Crippen LogP contribution in [-0.4, -0.2) is 5.78 Å². The summed E-state index contributed by atoms with van der Waals surface area (Å²) < 4.78 is 13.3. The molecule has 0 aliphatic carbocycles. The molecular formula is C13H10ClFOS. The molecule has 17 heavy (non-hydrogen) atoms. The van der Waals surface area contributed by atoms with Crippen LogP contribution in [0.4, 0.5) is 4.39 Å². The van der Waals surface area contributed by atoms with Gasteiger partial charge in [0.2, 0.25) is 0 Å². The largest absolute Gasteiger partial charge is 0.289 e. The van der Waals surface area contributed by atoms with Crippen molar-refractivity contribution in [3.63, 3.8) is 0 Å². The first-order chi connectivity index (χ1) is 8.00. The number of rotatable bonds is 2. The summed E-state index contributed by atoms with van der Waals surface area (Å²) >= 11 is 7.37. The minimum Gasteiger partial charge on any atom is -0.289 e. The van der Waals surface area contributed by atoms with Crippen molar-refractivity contribution in [1.29, 1.82) is 0 Å². The number of hydrogen-bond acceptors (Lipinski definition) is 2. The minimum absolute atomic E-state index is 0.156. The average Bonchev–Trinajstić information content (AvgIpc) is 2.69. The third-order valence-corrected chi connectivity index (χ3v) is 3.77. The van der Waals surface area contributed by atoms with Crippen molar-refractivity contribution in [2.45, 2.75) is 13.8 Å². The number of benzene rings is 1. The van der Waals surface area contributed by atoms with E-state index in [-0.39, 0.29) is 10.8 Å². The van der Waals surface area contributed by atoms with Crippen molar-refractivity contribution in [3.8, 4) is 0 Å². The summed E-state index contributed by atoms with van der Waals surface area (Å²) in [5.74, 6) is -0.551. The molecule has 0 atom stereocenters. The fourth-order valence-corrected chi connectivity index (χ4v) is 2.63. The predicted molar refractivity (Wildman–Crippen MR) is 68.6 cm³/mol. The molecule has 4 heteroatoms. The molecule has 1 nitrogen and oxygen atoms in total. The molecule has 0 aliphatic heterocycles. The Labute approximate surface area is 108 Å². The summed E-state index contributed by atoms with van der Waals surface area (Å²) in [6.07, 6.45) is 0.